The van der Waals surface area contributed by atoms with Crippen LogP contribution in [-0.2, 0) is 4.79 Å². The van der Waals surface area contributed by atoms with Gasteiger partial charge in [-0.05, 0) is 31.2 Å². The molecule has 0 bridgehead atoms. The number of carbonyl (C=O) groups is 1. The zero-order valence-corrected chi connectivity index (χ0v) is 13.4. The number of nitrogens with zero attached hydrogens (tertiary/aromatic N) is 3. The van der Waals surface area contributed by atoms with Gasteiger partial charge in [-0.3, -0.25) is 9.36 Å². The second kappa shape index (κ2) is 6.67. The van der Waals surface area contributed by atoms with Crippen LogP contribution in [0.25, 0.3) is 5.69 Å². The summed E-state index contributed by atoms with van der Waals surface area (Å²) in [4.78, 5) is 17.9. The summed E-state index contributed by atoms with van der Waals surface area (Å²) in [5.74, 6) is 0.883. The average molecular weight is 305 g/mol. The van der Waals surface area contributed by atoms with Crippen molar-refractivity contribution in [2.75, 3.05) is 21.2 Å². The summed E-state index contributed by atoms with van der Waals surface area (Å²) in [5, 5.41) is 0.613. The van der Waals surface area contributed by atoms with Gasteiger partial charge in [0.1, 0.15) is 5.75 Å². The first-order valence-electron chi connectivity index (χ1n) is 6.58. The third-order valence-corrected chi connectivity index (χ3v) is 4.10. The molecule has 0 aliphatic rings. The molecule has 1 aromatic carbocycles. The van der Waals surface area contributed by atoms with E-state index in [-0.39, 0.29) is 11.2 Å². The average Bonchev–Trinajstić information content (AvgIpc) is 2.94. The van der Waals surface area contributed by atoms with Gasteiger partial charge in [-0.1, -0.05) is 11.8 Å². The van der Waals surface area contributed by atoms with Gasteiger partial charge in [0.05, 0.1) is 12.4 Å². The largest absolute Gasteiger partial charge is 0.497 e. The molecule has 6 heteroatoms. The molecular formula is C15H19N3O2S. The third kappa shape index (κ3) is 3.58. The zero-order chi connectivity index (χ0) is 15.4. The van der Waals surface area contributed by atoms with Crippen LogP contribution in [-0.4, -0.2) is 46.8 Å². The summed E-state index contributed by atoms with van der Waals surface area (Å²) < 4.78 is 7.12. The van der Waals surface area contributed by atoms with Gasteiger partial charge in [0.2, 0.25) is 5.91 Å². The van der Waals surface area contributed by atoms with Crippen LogP contribution in [0.2, 0.25) is 0 Å². The van der Waals surface area contributed by atoms with Crippen molar-refractivity contribution in [1.29, 1.82) is 0 Å². The molecule has 0 N–H and O–H groups in total. The summed E-state index contributed by atoms with van der Waals surface area (Å²) in [6.07, 6.45) is 3.62. The molecule has 0 radical (unpaired) electrons. The molecule has 1 atom stereocenters. The van der Waals surface area contributed by atoms with Gasteiger partial charge in [0, 0.05) is 32.2 Å². The minimum atomic E-state index is -0.181. The predicted octanol–water partition coefficient (Wildman–Crippen LogP) is 2.45. The van der Waals surface area contributed by atoms with E-state index in [1.165, 1.54) is 11.8 Å². The van der Waals surface area contributed by atoms with Crippen LogP contribution in [0, 0.1) is 0 Å². The van der Waals surface area contributed by atoms with Gasteiger partial charge < -0.3 is 9.64 Å². The maximum absolute atomic E-state index is 12.0. The van der Waals surface area contributed by atoms with Crippen molar-refractivity contribution in [3.63, 3.8) is 0 Å². The molecule has 2 rings (SSSR count). The minimum absolute atomic E-state index is 0.0734. The Morgan fingerprint density at radius 1 is 1.33 bits per heavy atom. The Labute approximate surface area is 128 Å². The number of thioether (sulfide) groups is 1. The molecule has 0 aliphatic carbocycles. The highest BCUT2D eigenvalue weighted by atomic mass is 32.2. The smallest absolute Gasteiger partial charge is 0.235 e. The Hall–Kier alpha value is -1.95. The lowest BCUT2D eigenvalue weighted by Gasteiger charge is -2.16. The highest BCUT2D eigenvalue weighted by Gasteiger charge is 2.19. The van der Waals surface area contributed by atoms with Crippen LogP contribution in [0.1, 0.15) is 6.92 Å². The van der Waals surface area contributed by atoms with E-state index in [2.05, 4.69) is 4.98 Å². The molecule has 1 aromatic heterocycles. The van der Waals surface area contributed by atoms with Crippen molar-refractivity contribution in [3.8, 4) is 11.4 Å². The number of hydrogen-bond acceptors (Lipinski definition) is 4. The summed E-state index contributed by atoms with van der Waals surface area (Å²) >= 11 is 1.45. The lowest BCUT2D eigenvalue weighted by Crippen LogP contribution is -2.29. The normalized spacial score (nSPS) is 12.0. The molecule has 0 fully saturated rings. The maximum atomic E-state index is 12.0. The Morgan fingerprint density at radius 2 is 2.00 bits per heavy atom. The van der Waals surface area contributed by atoms with Crippen molar-refractivity contribution in [2.45, 2.75) is 17.3 Å². The van der Waals surface area contributed by atoms with Crippen LogP contribution in [0.15, 0.2) is 41.8 Å². The number of rotatable bonds is 5. The molecule has 1 heterocycles. The molecule has 0 aliphatic heterocycles. The topological polar surface area (TPSA) is 47.4 Å². The minimum Gasteiger partial charge on any atom is -0.497 e. The number of amides is 1. The third-order valence-electron chi connectivity index (χ3n) is 3.03. The van der Waals surface area contributed by atoms with E-state index in [9.17, 15) is 4.79 Å². The van der Waals surface area contributed by atoms with Crippen molar-refractivity contribution in [1.82, 2.24) is 14.5 Å². The molecule has 112 valence electrons. The fraction of sp³-hybridized carbons (Fsp3) is 0.333. The molecule has 5 nitrogen and oxygen atoms in total. The second-order valence-electron chi connectivity index (χ2n) is 4.77. The summed E-state index contributed by atoms with van der Waals surface area (Å²) in [6.45, 7) is 1.89. The first kappa shape index (κ1) is 15.4. The molecule has 0 spiro atoms. The molecule has 1 amide bonds. The van der Waals surface area contributed by atoms with Gasteiger partial charge in [-0.25, -0.2) is 4.98 Å². The quantitative estimate of drug-likeness (QED) is 0.796. The Morgan fingerprint density at radius 3 is 2.57 bits per heavy atom. The van der Waals surface area contributed by atoms with Crippen molar-refractivity contribution < 1.29 is 9.53 Å². The number of carbonyl (C=O) groups excluding carboxylic acids is 1. The molecule has 21 heavy (non-hydrogen) atoms. The first-order chi connectivity index (χ1) is 10.0. The van der Waals surface area contributed by atoms with Crippen LogP contribution in [0.3, 0.4) is 0 Å². The zero-order valence-electron chi connectivity index (χ0n) is 12.6. The summed E-state index contributed by atoms with van der Waals surface area (Å²) in [6, 6.07) is 7.72. The number of hydrogen-bond donors (Lipinski definition) is 0. The molecule has 0 saturated carbocycles. The number of aromatic nitrogens is 2. The number of benzene rings is 1. The van der Waals surface area contributed by atoms with Crippen molar-refractivity contribution in [3.05, 3.63) is 36.7 Å². The van der Waals surface area contributed by atoms with Crippen LogP contribution in [0.5, 0.6) is 5.75 Å². The number of ether oxygens (including phenoxy) is 1. The lowest BCUT2D eigenvalue weighted by atomic mass is 10.3. The van der Waals surface area contributed by atoms with Gasteiger partial charge in [-0.2, -0.15) is 0 Å². The Kier molecular flexibility index (Phi) is 4.90. The first-order valence-corrected chi connectivity index (χ1v) is 7.46. The highest BCUT2D eigenvalue weighted by Crippen LogP contribution is 2.26. The Balaban J connectivity index is 2.20. The SMILES string of the molecule is COc1ccc(-n2ccnc2SC(C)C(=O)N(C)C)cc1. The molecular weight excluding hydrogens is 286 g/mol. The molecule has 2 aromatic rings. The monoisotopic (exact) mass is 305 g/mol. The van der Waals surface area contributed by atoms with Crippen LogP contribution < -0.4 is 4.74 Å². The summed E-state index contributed by atoms with van der Waals surface area (Å²) in [7, 11) is 5.16. The molecule has 0 saturated heterocycles. The van der Waals surface area contributed by atoms with E-state index < -0.39 is 0 Å². The fourth-order valence-electron chi connectivity index (χ4n) is 1.89. The summed E-state index contributed by atoms with van der Waals surface area (Å²) in [5.41, 5.74) is 0.986. The van der Waals surface area contributed by atoms with Gasteiger partial charge >= 0.3 is 0 Å². The molecule has 1 unspecified atom stereocenters. The van der Waals surface area contributed by atoms with Gasteiger partial charge in [0.25, 0.3) is 0 Å². The van der Waals surface area contributed by atoms with E-state index in [1.807, 2.05) is 42.0 Å². The van der Waals surface area contributed by atoms with E-state index in [1.54, 1.807) is 32.3 Å². The highest BCUT2D eigenvalue weighted by molar-refractivity contribution is 8.00. The van der Waals surface area contributed by atoms with E-state index in [0.717, 1.165) is 16.6 Å². The maximum Gasteiger partial charge on any atom is 0.235 e. The van der Waals surface area contributed by atoms with Crippen molar-refractivity contribution in [2.24, 2.45) is 0 Å². The van der Waals surface area contributed by atoms with E-state index >= 15 is 0 Å². The van der Waals surface area contributed by atoms with E-state index in [4.69, 9.17) is 4.74 Å². The Bertz CT molecular complexity index is 608. The van der Waals surface area contributed by atoms with E-state index in [0.29, 0.717) is 0 Å². The second-order valence-corrected chi connectivity index (χ2v) is 6.08. The van der Waals surface area contributed by atoms with Crippen LogP contribution in [0.4, 0.5) is 0 Å². The predicted molar refractivity (Wildman–Crippen MR) is 84.1 cm³/mol. The van der Waals surface area contributed by atoms with Gasteiger partial charge in [-0.15, -0.1) is 0 Å². The van der Waals surface area contributed by atoms with Gasteiger partial charge in [0.15, 0.2) is 5.16 Å². The van der Waals surface area contributed by atoms with Crippen molar-refractivity contribution >= 4 is 17.7 Å². The van der Waals surface area contributed by atoms with Crippen LogP contribution >= 0.6 is 11.8 Å². The fourth-order valence-corrected chi connectivity index (χ4v) is 2.92. The number of methoxy groups -OCH3 is 1. The lowest BCUT2D eigenvalue weighted by molar-refractivity contribution is -0.127. The standard InChI is InChI=1S/C15H19N3O2S/c1-11(14(19)17(2)3)21-15-16-9-10-18(15)12-5-7-13(20-4)8-6-12/h5-11H,1-4H3. The number of imidazole rings is 1.